The summed E-state index contributed by atoms with van der Waals surface area (Å²) < 4.78 is 30.8. The topological polar surface area (TPSA) is 88.5 Å². The number of carbonyl (C=O) groups excluding carboxylic acids is 1. The second-order valence-corrected chi connectivity index (χ2v) is 11.4. The number of amides is 1. The Kier molecular flexibility index (Phi) is 6.55. The normalized spacial score (nSPS) is 14.2. The smallest absolute Gasteiger partial charge is 0.308 e. The molecule has 35 heavy (non-hydrogen) atoms. The summed E-state index contributed by atoms with van der Waals surface area (Å²) in [7, 11) is -3.76. The number of likely N-dealkylation sites (tertiary alicyclic amines) is 1. The average Bonchev–Trinajstić information content (AvgIpc) is 3.40. The summed E-state index contributed by atoms with van der Waals surface area (Å²) >= 11 is 1.04. The highest BCUT2D eigenvalue weighted by molar-refractivity contribution is 7.89. The van der Waals surface area contributed by atoms with Crippen molar-refractivity contribution in [2.75, 3.05) is 6.54 Å². The average molecular weight is 508 g/mol. The second kappa shape index (κ2) is 9.77. The fraction of sp³-hybridized carbons (Fsp3) is 0.231. The molecule has 3 aromatic carbocycles. The maximum Gasteiger partial charge on any atom is 0.308 e. The lowest BCUT2D eigenvalue weighted by atomic mass is 10.1. The highest BCUT2D eigenvalue weighted by Crippen LogP contribution is 2.23. The summed E-state index contributed by atoms with van der Waals surface area (Å²) in [5.41, 5.74) is 3.57. The van der Waals surface area contributed by atoms with E-state index in [4.69, 9.17) is 0 Å². The predicted molar refractivity (Wildman–Crippen MR) is 137 cm³/mol. The van der Waals surface area contributed by atoms with Gasteiger partial charge in [0.1, 0.15) is 0 Å². The fourth-order valence-electron chi connectivity index (χ4n) is 4.25. The number of hydrogen-bond donors (Lipinski definition) is 1. The molecule has 180 valence electrons. The summed E-state index contributed by atoms with van der Waals surface area (Å²) in [4.78, 5) is 26.2. The first-order valence-electron chi connectivity index (χ1n) is 11.4. The van der Waals surface area contributed by atoms with Gasteiger partial charge in [-0.05, 0) is 41.3 Å². The summed E-state index contributed by atoms with van der Waals surface area (Å²) in [6.45, 7) is 1.95. The zero-order valence-corrected chi connectivity index (χ0v) is 20.6. The van der Waals surface area contributed by atoms with Crippen molar-refractivity contribution in [2.45, 2.75) is 37.4 Å². The number of hydrogen-bond acceptors (Lipinski definition) is 5. The van der Waals surface area contributed by atoms with Gasteiger partial charge in [0.15, 0.2) is 0 Å². The Morgan fingerprint density at radius 3 is 2.29 bits per heavy atom. The van der Waals surface area contributed by atoms with Crippen LogP contribution >= 0.6 is 11.3 Å². The Balaban J connectivity index is 1.28. The van der Waals surface area contributed by atoms with Crippen molar-refractivity contribution in [2.24, 2.45) is 0 Å². The minimum atomic E-state index is -3.76. The van der Waals surface area contributed by atoms with Crippen molar-refractivity contribution in [3.05, 3.63) is 99.2 Å². The van der Waals surface area contributed by atoms with Crippen LogP contribution < -0.4 is 9.60 Å². The van der Waals surface area contributed by atoms with E-state index < -0.39 is 10.0 Å². The van der Waals surface area contributed by atoms with Crippen LogP contribution in [0.3, 0.4) is 0 Å². The largest absolute Gasteiger partial charge is 0.338 e. The first-order valence-corrected chi connectivity index (χ1v) is 13.7. The maximum absolute atomic E-state index is 12.9. The van der Waals surface area contributed by atoms with E-state index in [9.17, 15) is 18.0 Å². The molecular weight excluding hydrogens is 482 g/mol. The maximum atomic E-state index is 12.9. The molecule has 1 aliphatic heterocycles. The molecule has 0 atom stereocenters. The van der Waals surface area contributed by atoms with E-state index >= 15 is 0 Å². The van der Waals surface area contributed by atoms with Crippen molar-refractivity contribution in [3.8, 4) is 0 Å². The molecule has 0 unspecified atom stereocenters. The van der Waals surface area contributed by atoms with E-state index in [2.05, 4.69) is 4.72 Å². The van der Waals surface area contributed by atoms with Gasteiger partial charge in [-0.25, -0.2) is 13.1 Å². The summed E-state index contributed by atoms with van der Waals surface area (Å²) in [6.07, 6.45) is 1.51. The standard InChI is InChI=1S/C26H25N3O4S2/c30-25-7-4-14-28(25)17-21-10-8-19(9-11-21)16-27-35(32,33)22-12-13-23-24(15-22)34-26(31)29(23)18-20-5-2-1-3-6-20/h1-3,5-6,8-13,15,27H,4,7,14,16-18H2. The minimum absolute atomic E-state index is 0.123. The van der Waals surface area contributed by atoms with Gasteiger partial charge in [-0.15, -0.1) is 0 Å². The van der Waals surface area contributed by atoms with E-state index in [1.807, 2.05) is 59.5 Å². The Labute approximate surface area is 207 Å². The number of fused-ring (bicyclic) bond motifs is 1. The van der Waals surface area contributed by atoms with Crippen LogP contribution in [0, 0.1) is 0 Å². The minimum Gasteiger partial charge on any atom is -0.338 e. The third-order valence-electron chi connectivity index (χ3n) is 6.17. The zero-order valence-electron chi connectivity index (χ0n) is 19.0. The molecule has 0 spiro atoms. The number of rotatable bonds is 8. The van der Waals surface area contributed by atoms with Crippen LogP contribution in [0.4, 0.5) is 0 Å². The fourth-order valence-corrected chi connectivity index (χ4v) is 6.29. The van der Waals surface area contributed by atoms with Crippen LogP contribution in [0.1, 0.15) is 29.5 Å². The Morgan fingerprint density at radius 1 is 0.857 bits per heavy atom. The molecule has 5 rings (SSSR count). The van der Waals surface area contributed by atoms with Gasteiger partial charge in [-0.3, -0.25) is 14.2 Å². The number of nitrogens with zero attached hydrogens (tertiary/aromatic N) is 2. The van der Waals surface area contributed by atoms with Gasteiger partial charge in [-0.2, -0.15) is 0 Å². The Hall–Kier alpha value is -3.27. The monoisotopic (exact) mass is 507 g/mol. The van der Waals surface area contributed by atoms with Gasteiger partial charge < -0.3 is 4.90 Å². The molecule has 1 fully saturated rings. The van der Waals surface area contributed by atoms with E-state index in [0.717, 1.165) is 46.5 Å². The van der Waals surface area contributed by atoms with Crippen molar-refractivity contribution < 1.29 is 13.2 Å². The summed E-state index contributed by atoms with van der Waals surface area (Å²) in [5.74, 6) is 0.180. The molecule has 1 aromatic heterocycles. The van der Waals surface area contributed by atoms with Gasteiger partial charge in [-0.1, -0.05) is 65.9 Å². The number of carbonyl (C=O) groups is 1. The molecule has 0 saturated carbocycles. The van der Waals surface area contributed by atoms with Crippen molar-refractivity contribution in [1.29, 1.82) is 0 Å². The van der Waals surface area contributed by atoms with E-state index in [1.54, 1.807) is 16.7 Å². The molecule has 1 aliphatic rings. The molecule has 4 aromatic rings. The summed E-state index contributed by atoms with van der Waals surface area (Å²) in [5, 5.41) is 0. The van der Waals surface area contributed by atoms with Crippen LogP contribution in [0.5, 0.6) is 0 Å². The molecule has 0 radical (unpaired) electrons. The lowest BCUT2D eigenvalue weighted by Crippen LogP contribution is -2.24. The van der Waals surface area contributed by atoms with Crippen LogP contribution in [-0.4, -0.2) is 30.3 Å². The van der Waals surface area contributed by atoms with Crippen molar-refractivity contribution in [1.82, 2.24) is 14.2 Å². The molecule has 1 N–H and O–H groups in total. The van der Waals surface area contributed by atoms with Gasteiger partial charge in [0.2, 0.25) is 15.9 Å². The van der Waals surface area contributed by atoms with Gasteiger partial charge >= 0.3 is 4.87 Å². The SMILES string of the molecule is O=C1CCCN1Cc1ccc(CNS(=O)(=O)c2ccc3c(c2)sc(=O)n3Cc2ccccc2)cc1. The highest BCUT2D eigenvalue weighted by Gasteiger charge is 2.20. The molecule has 7 nitrogen and oxygen atoms in total. The lowest BCUT2D eigenvalue weighted by Gasteiger charge is -2.15. The number of benzene rings is 3. The predicted octanol–water partition coefficient (Wildman–Crippen LogP) is 3.71. The van der Waals surface area contributed by atoms with Crippen LogP contribution in [-0.2, 0) is 34.5 Å². The van der Waals surface area contributed by atoms with Crippen molar-refractivity contribution >= 4 is 37.5 Å². The molecule has 1 saturated heterocycles. The second-order valence-electron chi connectivity index (χ2n) is 8.63. The first-order chi connectivity index (χ1) is 16.9. The quantitative estimate of drug-likeness (QED) is 0.394. The van der Waals surface area contributed by atoms with E-state index in [-0.39, 0.29) is 22.2 Å². The molecule has 9 heteroatoms. The van der Waals surface area contributed by atoms with Crippen molar-refractivity contribution in [3.63, 3.8) is 0 Å². The van der Waals surface area contributed by atoms with Crippen LogP contribution in [0.15, 0.2) is 82.5 Å². The molecular formula is C26H25N3O4S2. The van der Waals surface area contributed by atoms with Gasteiger partial charge in [0, 0.05) is 26.1 Å². The number of thiazole rings is 1. The van der Waals surface area contributed by atoms with Gasteiger partial charge in [0.25, 0.3) is 0 Å². The van der Waals surface area contributed by atoms with E-state index in [0.29, 0.717) is 24.2 Å². The zero-order chi connectivity index (χ0) is 24.4. The third kappa shape index (κ3) is 5.22. The highest BCUT2D eigenvalue weighted by atomic mass is 32.2. The molecule has 0 aliphatic carbocycles. The van der Waals surface area contributed by atoms with Crippen LogP contribution in [0.25, 0.3) is 10.2 Å². The third-order valence-corrected chi connectivity index (χ3v) is 8.51. The first kappa shape index (κ1) is 23.5. The van der Waals surface area contributed by atoms with Gasteiger partial charge in [0.05, 0.1) is 21.7 Å². The number of aromatic nitrogens is 1. The summed E-state index contributed by atoms with van der Waals surface area (Å²) in [6, 6.07) is 22.1. The number of nitrogens with one attached hydrogen (secondary N) is 1. The Morgan fingerprint density at radius 2 is 1.57 bits per heavy atom. The molecule has 0 bridgehead atoms. The molecule has 1 amide bonds. The Bertz CT molecular complexity index is 1520. The van der Waals surface area contributed by atoms with Crippen LogP contribution in [0.2, 0.25) is 0 Å². The lowest BCUT2D eigenvalue weighted by molar-refractivity contribution is -0.128. The number of sulfonamides is 1. The van der Waals surface area contributed by atoms with E-state index in [1.165, 1.54) is 6.07 Å². The molecule has 2 heterocycles.